The van der Waals surface area contributed by atoms with Gasteiger partial charge in [-0.15, -0.1) is 0 Å². The standard InChI is InChI=1S/C25H21NO7/c1-2-23(27)31-16-6-15-30-21-12-9-18(10-13-21)22-14-11-20(17-26-22)25(29)33-32-24(28)19-7-4-3-5-8-19/h2-5,7-14,17H,1,6,15-16H2. The molecule has 0 spiro atoms. The average molecular weight is 447 g/mol. The number of nitrogens with zero attached hydrogens (tertiary/aromatic N) is 1. The first-order chi connectivity index (χ1) is 16.1. The number of ether oxygens (including phenoxy) is 2. The van der Waals surface area contributed by atoms with E-state index >= 15 is 0 Å². The van der Waals surface area contributed by atoms with Crippen LogP contribution < -0.4 is 4.74 Å². The first kappa shape index (κ1) is 23.2. The molecule has 0 bridgehead atoms. The summed E-state index contributed by atoms with van der Waals surface area (Å²) < 4.78 is 10.5. The van der Waals surface area contributed by atoms with Gasteiger partial charge in [0.2, 0.25) is 0 Å². The van der Waals surface area contributed by atoms with E-state index in [0.717, 1.165) is 11.6 Å². The lowest BCUT2D eigenvalue weighted by Crippen LogP contribution is -2.12. The molecular weight excluding hydrogens is 426 g/mol. The molecular formula is C25H21NO7. The van der Waals surface area contributed by atoms with Gasteiger partial charge >= 0.3 is 17.9 Å². The minimum absolute atomic E-state index is 0.136. The highest BCUT2D eigenvalue weighted by Crippen LogP contribution is 2.21. The summed E-state index contributed by atoms with van der Waals surface area (Å²) in [7, 11) is 0. The highest BCUT2D eigenvalue weighted by molar-refractivity contribution is 5.92. The van der Waals surface area contributed by atoms with E-state index < -0.39 is 17.9 Å². The number of carbonyl (C=O) groups is 3. The fraction of sp³-hybridized carbons (Fsp3) is 0.120. The van der Waals surface area contributed by atoms with Crippen LogP contribution in [0.5, 0.6) is 5.75 Å². The van der Waals surface area contributed by atoms with E-state index in [0.29, 0.717) is 24.5 Å². The Labute approximate surface area is 190 Å². The largest absolute Gasteiger partial charge is 0.493 e. The molecule has 0 aliphatic carbocycles. The number of benzene rings is 2. The Morgan fingerprint density at radius 3 is 2.15 bits per heavy atom. The third-order valence-corrected chi connectivity index (χ3v) is 4.32. The molecule has 0 N–H and O–H groups in total. The Morgan fingerprint density at radius 1 is 0.818 bits per heavy atom. The van der Waals surface area contributed by atoms with Crippen molar-refractivity contribution in [3.05, 3.63) is 96.7 Å². The summed E-state index contributed by atoms with van der Waals surface area (Å²) in [5.41, 5.74) is 1.85. The highest BCUT2D eigenvalue weighted by Gasteiger charge is 2.14. The minimum atomic E-state index is -0.833. The number of carbonyl (C=O) groups excluding carboxylic acids is 3. The molecule has 0 atom stereocenters. The van der Waals surface area contributed by atoms with Crippen molar-refractivity contribution < 1.29 is 33.6 Å². The molecule has 0 saturated carbocycles. The van der Waals surface area contributed by atoms with Crippen LogP contribution in [-0.2, 0) is 19.3 Å². The van der Waals surface area contributed by atoms with Crippen LogP contribution in [0.4, 0.5) is 0 Å². The maximum Gasteiger partial charge on any atom is 0.387 e. The Morgan fingerprint density at radius 2 is 1.52 bits per heavy atom. The molecule has 1 aromatic heterocycles. The summed E-state index contributed by atoms with van der Waals surface area (Å²) in [5.74, 6) is -1.40. The van der Waals surface area contributed by atoms with E-state index in [9.17, 15) is 14.4 Å². The maximum absolute atomic E-state index is 12.1. The van der Waals surface area contributed by atoms with Crippen LogP contribution in [0.2, 0.25) is 0 Å². The van der Waals surface area contributed by atoms with E-state index in [4.69, 9.17) is 9.47 Å². The lowest BCUT2D eigenvalue weighted by molar-refractivity contribution is -0.187. The van der Waals surface area contributed by atoms with E-state index in [1.807, 2.05) is 12.1 Å². The number of aromatic nitrogens is 1. The van der Waals surface area contributed by atoms with Crippen LogP contribution in [0.25, 0.3) is 11.3 Å². The molecule has 0 unspecified atom stereocenters. The predicted molar refractivity (Wildman–Crippen MR) is 118 cm³/mol. The van der Waals surface area contributed by atoms with Crippen molar-refractivity contribution in [2.24, 2.45) is 0 Å². The third-order valence-electron chi connectivity index (χ3n) is 4.32. The predicted octanol–water partition coefficient (Wildman–Crippen LogP) is 4.18. The van der Waals surface area contributed by atoms with E-state index in [1.54, 1.807) is 48.5 Å². The van der Waals surface area contributed by atoms with Crippen molar-refractivity contribution in [2.45, 2.75) is 6.42 Å². The summed E-state index contributed by atoms with van der Waals surface area (Å²) in [6, 6.07) is 18.6. The maximum atomic E-state index is 12.1. The van der Waals surface area contributed by atoms with E-state index in [1.165, 1.54) is 12.3 Å². The molecule has 1 heterocycles. The van der Waals surface area contributed by atoms with E-state index in [-0.39, 0.29) is 17.7 Å². The first-order valence-electron chi connectivity index (χ1n) is 10.0. The van der Waals surface area contributed by atoms with Gasteiger partial charge in [0.05, 0.1) is 30.0 Å². The minimum Gasteiger partial charge on any atom is -0.493 e. The second-order valence-electron chi connectivity index (χ2n) is 6.64. The highest BCUT2D eigenvalue weighted by atomic mass is 17.2. The van der Waals surface area contributed by atoms with Crippen molar-refractivity contribution in [1.82, 2.24) is 4.98 Å². The molecule has 8 heteroatoms. The molecule has 33 heavy (non-hydrogen) atoms. The van der Waals surface area contributed by atoms with Crippen molar-refractivity contribution in [3.63, 3.8) is 0 Å². The van der Waals surface area contributed by atoms with Crippen molar-refractivity contribution in [3.8, 4) is 17.0 Å². The Kier molecular flexibility index (Phi) is 8.30. The van der Waals surface area contributed by atoms with Gasteiger partial charge in [-0.2, -0.15) is 0 Å². The second kappa shape index (κ2) is 11.8. The number of hydrogen-bond acceptors (Lipinski definition) is 8. The van der Waals surface area contributed by atoms with Gasteiger partial charge in [0.25, 0.3) is 0 Å². The lowest BCUT2D eigenvalue weighted by Gasteiger charge is -2.08. The molecule has 0 fully saturated rings. The molecule has 8 nitrogen and oxygen atoms in total. The van der Waals surface area contributed by atoms with Gasteiger partial charge in [-0.3, -0.25) is 4.98 Å². The van der Waals surface area contributed by atoms with Crippen LogP contribution in [0.15, 0.2) is 85.6 Å². The van der Waals surface area contributed by atoms with Gasteiger partial charge in [0.15, 0.2) is 0 Å². The summed E-state index contributed by atoms with van der Waals surface area (Å²) in [6.45, 7) is 3.98. The Bertz CT molecular complexity index is 1090. The number of rotatable bonds is 9. The van der Waals surface area contributed by atoms with Crippen LogP contribution >= 0.6 is 0 Å². The molecule has 0 aliphatic rings. The van der Waals surface area contributed by atoms with Crippen molar-refractivity contribution >= 4 is 17.9 Å². The van der Waals surface area contributed by atoms with Gasteiger partial charge in [-0.1, -0.05) is 24.8 Å². The smallest absolute Gasteiger partial charge is 0.387 e. The summed E-state index contributed by atoms with van der Waals surface area (Å²) in [4.78, 5) is 48.3. The van der Waals surface area contributed by atoms with Crippen molar-refractivity contribution in [2.75, 3.05) is 13.2 Å². The summed E-state index contributed by atoms with van der Waals surface area (Å²) in [5, 5.41) is 0. The normalized spacial score (nSPS) is 10.1. The van der Waals surface area contributed by atoms with Crippen LogP contribution in [-0.4, -0.2) is 36.1 Å². The molecule has 0 amide bonds. The number of hydrogen-bond donors (Lipinski definition) is 0. The lowest BCUT2D eigenvalue weighted by atomic mass is 10.1. The monoisotopic (exact) mass is 447 g/mol. The zero-order valence-corrected chi connectivity index (χ0v) is 17.6. The topological polar surface area (TPSA) is 101 Å². The third kappa shape index (κ3) is 7.03. The quantitative estimate of drug-likeness (QED) is 0.158. The zero-order valence-electron chi connectivity index (χ0n) is 17.6. The zero-order chi connectivity index (χ0) is 23.5. The van der Waals surface area contributed by atoms with Crippen molar-refractivity contribution in [1.29, 1.82) is 0 Å². The molecule has 0 radical (unpaired) electrons. The van der Waals surface area contributed by atoms with Crippen LogP contribution in [0, 0.1) is 0 Å². The van der Waals surface area contributed by atoms with Gasteiger partial charge in [-0.05, 0) is 48.5 Å². The van der Waals surface area contributed by atoms with Crippen LogP contribution in [0.3, 0.4) is 0 Å². The fourth-order valence-corrected chi connectivity index (χ4v) is 2.63. The second-order valence-corrected chi connectivity index (χ2v) is 6.64. The van der Waals surface area contributed by atoms with Gasteiger partial charge in [0.1, 0.15) is 5.75 Å². The summed E-state index contributed by atoms with van der Waals surface area (Å²) >= 11 is 0. The number of pyridine rings is 1. The Hall–Kier alpha value is -4.46. The van der Waals surface area contributed by atoms with Gasteiger partial charge in [-0.25, -0.2) is 24.2 Å². The van der Waals surface area contributed by atoms with Gasteiger partial charge < -0.3 is 9.47 Å². The van der Waals surface area contributed by atoms with E-state index in [2.05, 4.69) is 21.3 Å². The first-order valence-corrected chi connectivity index (χ1v) is 10.0. The Balaban J connectivity index is 1.48. The fourth-order valence-electron chi connectivity index (χ4n) is 2.63. The SMILES string of the molecule is C=CC(=O)OCCCOc1ccc(-c2ccc(C(=O)OOC(=O)c3ccccc3)cn2)cc1. The van der Waals surface area contributed by atoms with Gasteiger partial charge in [0, 0.05) is 24.3 Å². The molecule has 0 aliphatic heterocycles. The number of esters is 1. The molecule has 3 rings (SSSR count). The molecule has 168 valence electrons. The summed E-state index contributed by atoms with van der Waals surface area (Å²) in [6.07, 6.45) is 3.01. The molecule has 2 aromatic carbocycles. The van der Waals surface area contributed by atoms with Crippen LogP contribution in [0.1, 0.15) is 27.1 Å². The molecule has 3 aromatic rings. The average Bonchev–Trinajstić information content (AvgIpc) is 2.87. The molecule has 0 saturated heterocycles.